The summed E-state index contributed by atoms with van der Waals surface area (Å²) in [7, 11) is 1.82. The number of hydrogen-bond donors (Lipinski definition) is 2. The molecule has 0 aromatic heterocycles. The third kappa shape index (κ3) is 3.24. The normalized spacial score (nSPS) is 10.5. The van der Waals surface area contributed by atoms with Gasteiger partial charge in [0.25, 0.3) is 0 Å². The van der Waals surface area contributed by atoms with Gasteiger partial charge in [-0.25, -0.2) is 4.79 Å². The molecule has 0 aliphatic rings. The summed E-state index contributed by atoms with van der Waals surface area (Å²) < 4.78 is 4.81. The minimum atomic E-state index is -0.344. The Balaban J connectivity index is 2.93. The van der Waals surface area contributed by atoms with Crippen molar-refractivity contribution in [2.45, 2.75) is 13.8 Å². The minimum Gasteiger partial charge on any atom is -0.463 e. The topological polar surface area (TPSA) is 64.3 Å². The lowest BCUT2D eigenvalue weighted by molar-refractivity contribution is -0.137. The van der Waals surface area contributed by atoms with Crippen LogP contribution in [0.3, 0.4) is 0 Å². The van der Waals surface area contributed by atoms with E-state index in [2.05, 4.69) is 5.32 Å². The van der Waals surface area contributed by atoms with Gasteiger partial charge >= 0.3 is 5.97 Å². The third-order valence-electron chi connectivity index (χ3n) is 2.51. The fourth-order valence-corrected chi connectivity index (χ4v) is 1.49. The van der Waals surface area contributed by atoms with Gasteiger partial charge in [0.15, 0.2) is 0 Å². The van der Waals surface area contributed by atoms with E-state index in [0.29, 0.717) is 12.3 Å². The quantitative estimate of drug-likeness (QED) is 0.476. The molecule has 3 N–H and O–H groups in total. The highest BCUT2D eigenvalue weighted by Crippen LogP contribution is 2.25. The van der Waals surface area contributed by atoms with E-state index < -0.39 is 0 Å². The van der Waals surface area contributed by atoms with E-state index in [9.17, 15) is 4.79 Å². The van der Waals surface area contributed by atoms with E-state index in [4.69, 9.17) is 10.5 Å². The summed E-state index contributed by atoms with van der Waals surface area (Å²) in [6, 6.07) is 3.79. The maximum atomic E-state index is 11.2. The molecule has 0 atom stereocenters. The van der Waals surface area contributed by atoms with Crippen molar-refractivity contribution in [3.05, 3.63) is 29.3 Å². The van der Waals surface area contributed by atoms with Gasteiger partial charge in [-0.3, -0.25) is 0 Å². The van der Waals surface area contributed by atoms with Gasteiger partial charge in [0.05, 0.1) is 18.0 Å². The lowest BCUT2D eigenvalue weighted by Gasteiger charge is -2.10. The van der Waals surface area contributed by atoms with E-state index in [1.807, 2.05) is 26.1 Å². The van der Waals surface area contributed by atoms with Crippen LogP contribution in [0.15, 0.2) is 18.2 Å². The summed E-state index contributed by atoms with van der Waals surface area (Å²) in [6.07, 6.45) is 3.12. The highest BCUT2D eigenvalue weighted by Gasteiger charge is 2.04. The molecule has 0 unspecified atom stereocenters. The Labute approximate surface area is 101 Å². The number of ether oxygens (including phenoxy) is 1. The Kier molecular flexibility index (Phi) is 4.57. The van der Waals surface area contributed by atoms with Crippen molar-refractivity contribution < 1.29 is 9.53 Å². The number of nitrogens with two attached hydrogens (primary N) is 1. The van der Waals surface area contributed by atoms with Crippen LogP contribution in [-0.4, -0.2) is 19.6 Å². The van der Waals surface area contributed by atoms with Gasteiger partial charge in [-0.2, -0.15) is 0 Å². The minimum absolute atomic E-state index is 0.344. The van der Waals surface area contributed by atoms with Crippen LogP contribution >= 0.6 is 0 Å². The van der Waals surface area contributed by atoms with Gasteiger partial charge in [-0.05, 0) is 37.1 Å². The number of nitrogens with one attached hydrogen (secondary N) is 1. The van der Waals surface area contributed by atoms with Crippen LogP contribution in [-0.2, 0) is 9.53 Å². The van der Waals surface area contributed by atoms with E-state index in [1.54, 1.807) is 13.0 Å². The summed E-state index contributed by atoms with van der Waals surface area (Å²) >= 11 is 0. The first-order chi connectivity index (χ1) is 8.10. The van der Waals surface area contributed by atoms with Gasteiger partial charge in [-0.15, -0.1) is 0 Å². The highest BCUT2D eigenvalue weighted by atomic mass is 16.5. The second kappa shape index (κ2) is 5.94. The Morgan fingerprint density at radius 2 is 2.24 bits per heavy atom. The number of carbonyl (C=O) groups excluding carboxylic acids is 1. The van der Waals surface area contributed by atoms with Crippen molar-refractivity contribution in [3.63, 3.8) is 0 Å². The zero-order valence-corrected chi connectivity index (χ0v) is 10.4. The van der Waals surface area contributed by atoms with E-state index in [1.165, 1.54) is 6.08 Å². The zero-order valence-electron chi connectivity index (χ0n) is 10.4. The summed E-state index contributed by atoms with van der Waals surface area (Å²) in [5, 5.41) is 3.01. The smallest absolute Gasteiger partial charge is 0.330 e. The number of anilines is 2. The molecule has 0 saturated carbocycles. The summed E-state index contributed by atoms with van der Waals surface area (Å²) in [6.45, 7) is 4.07. The lowest BCUT2D eigenvalue weighted by atomic mass is 10.0. The van der Waals surface area contributed by atoms with E-state index in [-0.39, 0.29) is 5.97 Å². The van der Waals surface area contributed by atoms with Crippen LogP contribution in [0.4, 0.5) is 11.4 Å². The second-order valence-electron chi connectivity index (χ2n) is 3.58. The number of benzene rings is 1. The van der Waals surface area contributed by atoms with Crippen molar-refractivity contribution in [2.75, 3.05) is 24.7 Å². The van der Waals surface area contributed by atoms with E-state index >= 15 is 0 Å². The number of esters is 1. The molecular weight excluding hydrogens is 216 g/mol. The molecular formula is C13H18N2O2. The molecule has 1 rings (SSSR count). The third-order valence-corrected chi connectivity index (χ3v) is 2.51. The molecule has 0 radical (unpaired) electrons. The first-order valence-electron chi connectivity index (χ1n) is 5.51. The molecule has 17 heavy (non-hydrogen) atoms. The van der Waals surface area contributed by atoms with Gasteiger partial charge in [0, 0.05) is 13.1 Å². The monoisotopic (exact) mass is 234 g/mol. The standard InChI is InChI=1S/C13H18N2O2/c1-4-17-12(16)8-6-10-5-7-11(15-3)13(14)9(10)2/h5-8,15H,4,14H2,1-3H3/b8-6+. The fraction of sp³-hybridized carbons (Fsp3) is 0.308. The average molecular weight is 234 g/mol. The first kappa shape index (κ1) is 13.1. The average Bonchev–Trinajstić information content (AvgIpc) is 2.31. The Morgan fingerprint density at radius 1 is 1.53 bits per heavy atom. The van der Waals surface area contributed by atoms with E-state index in [0.717, 1.165) is 16.8 Å². The predicted molar refractivity (Wildman–Crippen MR) is 70.8 cm³/mol. The van der Waals surface area contributed by atoms with Crippen LogP contribution in [0, 0.1) is 6.92 Å². The van der Waals surface area contributed by atoms with Gasteiger partial charge in [-0.1, -0.05) is 6.07 Å². The number of rotatable bonds is 4. The van der Waals surface area contributed by atoms with Gasteiger partial charge < -0.3 is 15.8 Å². The Bertz CT molecular complexity index is 439. The van der Waals surface area contributed by atoms with Crippen LogP contribution in [0.25, 0.3) is 6.08 Å². The van der Waals surface area contributed by atoms with Gasteiger partial charge in [0.2, 0.25) is 0 Å². The Morgan fingerprint density at radius 3 is 2.82 bits per heavy atom. The molecule has 0 fully saturated rings. The second-order valence-corrected chi connectivity index (χ2v) is 3.58. The molecule has 1 aromatic rings. The molecule has 4 heteroatoms. The molecule has 0 amide bonds. The zero-order chi connectivity index (χ0) is 12.8. The number of carbonyl (C=O) groups is 1. The summed E-state index contributed by atoms with van der Waals surface area (Å²) in [4.78, 5) is 11.2. The molecule has 1 aromatic carbocycles. The van der Waals surface area contributed by atoms with Crippen LogP contribution in [0.2, 0.25) is 0 Å². The predicted octanol–water partition coefficient (Wildman–Crippen LogP) is 2.20. The number of nitrogen functional groups attached to an aromatic ring is 1. The highest BCUT2D eigenvalue weighted by molar-refractivity contribution is 5.88. The largest absolute Gasteiger partial charge is 0.463 e. The summed E-state index contributed by atoms with van der Waals surface area (Å²) in [5.41, 5.74) is 9.38. The first-order valence-corrected chi connectivity index (χ1v) is 5.51. The van der Waals surface area contributed by atoms with Gasteiger partial charge in [0.1, 0.15) is 0 Å². The maximum absolute atomic E-state index is 11.2. The SMILES string of the molecule is CCOC(=O)/C=C/c1ccc(NC)c(N)c1C. The van der Waals surface area contributed by atoms with Crippen LogP contribution in [0.5, 0.6) is 0 Å². The lowest BCUT2D eigenvalue weighted by Crippen LogP contribution is -2.01. The van der Waals surface area contributed by atoms with Crippen LogP contribution < -0.4 is 11.1 Å². The fourth-order valence-electron chi connectivity index (χ4n) is 1.49. The molecule has 0 saturated heterocycles. The molecule has 0 heterocycles. The van der Waals surface area contributed by atoms with Crippen molar-refractivity contribution in [2.24, 2.45) is 0 Å². The van der Waals surface area contributed by atoms with Crippen molar-refractivity contribution in [1.82, 2.24) is 0 Å². The molecule has 4 nitrogen and oxygen atoms in total. The van der Waals surface area contributed by atoms with Crippen molar-refractivity contribution in [3.8, 4) is 0 Å². The molecule has 0 aliphatic carbocycles. The molecule has 0 spiro atoms. The Hall–Kier alpha value is -1.97. The molecule has 0 bridgehead atoms. The molecule has 0 aliphatic heterocycles. The van der Waals surface area contributed by atoms with Crippen molar-refractivity contribution in [1.29, 1.82) is 0 Å². The number of hydrogen-bond acceptors (Lipinski definition) is 4. The molecule has 92 valence electrons. The van der Waals surface area contributed by atoms with Crippen molar-refractivity contribution >= 4 is 23.4 Å². The summed E-state index contributed by atoms with van der Waals surface area (Å²) in [5.74, 6) is -0.344. The van der Waals surface area contributed by atoms with Crippen LogP contribution in [0.1, 0.15) is 18.1 Å². The maximum Gasteiger partial charge on any atom is 0.330 e.